The van der Waals surface area contributed by atoms with E-state index < -0.39 is 0 Å². The fourth-order valence-electron chi connectivity index (χ4n) is 2.26. The van der Waals surface area contributed by atoms with Gasteiger partial charge in [-0.05, 0) is 19.1 Å². The fraction of sp³-hybridized carbons (Fsp3) is 0.0667. The van der Waals surface area contributed by atoms with Crippen LogP contribution in [0.4, 0.5) is 0 Å². The average Bonchev–Trinajstić information content (AvgIpc) is 2.78. The van der Waals surface area contributed by atoms with E-state index in [-0.39, 0.29) is 5.78 Å². The third kappa shape index (κ3) is 1.87. The molecule has 2 heterocycles. The van der Waals surface area contributed by atoms with Crippen LogP contribution in [0.15, 0.2) is 55.0 Å². The van der Waals surface area contributed by atoms with Gasteiger partial charge < -0.3 is 9.77 Å². The van der Waals surface area contributed by atoms with E-state index >= 15 is 0 Å². The van der Waals surface area contributed by atoms with Crippen molar-refractivity contribution in [3.05, 3.63) is 65.8 Å². The maximum atomic E-state index is 11.7. The number of Topliss-reactive ketones (excluding diaryl/α,β-unsaturated/α-hetero) is 1. The van der Waals surface area contributed by atoms with Crippen LogP contribution in [0.1, 0.15) is 17.3 Å². The van der Waals surface area contributed by atoms with E-state index in [0.29, 0.717) is 5.56 Å². The third-order valence-corrected chi connectivity index (χ3v) is 3.13. The molecule has 2 aromatic heterocycles. The van der Waals surface area contributed by atoms with Gasteiger partial charge in [-0.1, -0.05) is 18.2 Å². The molecule has 0 aliphatic rings. The van der Waals surface area contributed by atoms with E-state index in [1.165, 1.54) is 12.4 Å². The number of para-hydroxylation sites is 1. The number of hydrogen-bond donors (Lipinski definition) is 0. The predicted molar refractivity (Wildman–Crippen MR) is 72.2 cm³/mol. The van der Waals surface area contributed by atoms with Crippen molar-refractivity contribution in [2.24, 2.45) is 0 Å². The Kier molecular flexibility index (Phi) is 2.56. The Labute approximate surface area is 110 Å². The lowest BCUT2D eigenvalue weighted by molar-refractivity contribution is -0.605. The van der Waals surface area contributed by atoms with Crippen LogP contribution >= 0.6 is 0 Å². The number of fused-ring (bicyclic) bond motifs is 1. The first-order valence-corrected chi connectivity index (χ1v) is 5.97. The summed E-state index contributed by atoms with van der Waals surface area (Å²) >= 11 is 0. The number of hydrogen-bond acceptors (Lipinski definition) is 2. The molecule has 94 valence electrons. The Bertz CT molecular complexity index is 775. The van der Waals surface area contributed by atoms with Crippen LogP contribution in [0, 0.1) is 5.21 Å². The number of rotatable bonds is 2. The van der Waals surface area contributed by atoms with E-state index in [4.69, 9.17) is 0 Å². The zero-order chi connectivity index (χ0) is 13.4. The molecule has 0 saturated carbocycles. The SMILES string of the molecule is CC(=O)c1cn(-c2ccc[n+]([O-])c2)c2ccccc12. The largest absolute Gasteiger partial charge is 0.619 e. The molecule has 0 aliphatic carbocycles. The molecule has 0 saturated heterocycles. The summed E-state index contributed by atoms with van der Waals surface area (Å²) in [6.45, 7) is 1.55. The number of nitrogens with zero attached hydrogens (tertiary/aromatic N) is 2. The van der Waals surface area contributed by atoms with Gasteiger partial charge in [-0.15, -0.1) is 0 Å². The van der Waals surface area contributed by atoms with Gasteiger partial charge in [-0.3, -0.25) is 4.79 Å². The van der Waals surface area contributed by atoms with Crippen molar-refractivity contribution in [2.75, 3.05) is 0 Å². The molecule has 3 rings (SSSR count). The maximum Gasteiger partial charge on any atom is 0.204 e. The zero-order valence-electron chi connectivity index (χ0n) is 10.4. The first-order chi connectivity index (χ1) is 9.16. The van der Waals surface area contributed by atoms with Crippen LogP contribution in [0.3, 0.4) is 0 Å². The highest BCUT2D eigenvalue weighted by molar-refractivity contribution is 6.07. The van der Waals surface area contributed by atoms with Gasteiger partial charge >= 0.3 is 0 Å². The van der Waals surface area contributed by atoms with E-state index in [2.05, 4.69) is 0 Å². The number of ketones is 1. The quantitative estimate of drug-likeness (QED) is 0.399. The van der Waals surface area contributed by atoms with Crippen LogP contribution in [-0.4, -0.2) is 10.4 Å². The van der Waals surface area contributed by atoms with Gasteiger partial charge in [0.1, 0.15) is 5.69 Å². The second kappa shape index (κ2) is 4.24. The second-order valence-electron chi connectivity index (χ2n) is 4.41. The standard InChI is InChI=1S/C15H12N2O2/c1-11(18)14-10-17(12-5-4-8-16(19)9-12)15-7-3-2-6-13(14)15/h2-10H,1H3. The van der Waals surface area contributed by atoms with Crippen molar-refractivity contribution in [2.45, 2.75) is 6.92 Å². The van der Waals surface area contributed by atoms with Gasteiger partial charge in [0.05, 0.1) is 5.52 Å². The monoisotopic (exact) mass is 252 g/mol. The number of carbonyl (C=O) groups is 1. The van der Waals surface area contributed by atoms with Crippen LogP contribution < -0.4 is 4.73 Å². The number of pyridine rings is 1. The molecule has 0 N–H and O–H groups in total. The Balaban J connectivity index is 2.33. The van der Waals surface area contributed by atoms with E-state index in [1.807, 2.05) is 34.9 Å². The summed E-state index contributed by atoms with van der Waals surface area (Å²) < 4.78 is 2.61. The van der Waals surface area contributed by atoms with Crippen molar-refractivity contribution in [1.29, 1.82) is 0 Å². The molecule has 1 aromatic carbocycles. The fourth-order valence-corrected chi connectivity index (χ4v) is 2.26. The van der Waals surface area contributed by atoms with Crippen molar-refractivity contribution >= 4 is 16.7 Å². The Morgan fingerprint density at radius 2 is 2.00 bits per heavy atom. The first kappa shape index (κ1) is 11.5. The molecule has 4 nitrogen and oxygen atoms in total. The van der Waals surface area contributed by atoms with Crippen LogP contribution in [0.2, 0.25) is 0 Å². The number of carbonyl (C=O) groups excluding carboxylic acids is 1. The molecule has 0 aliphatic heterocycles. The maximum absolute atomic E-state index is 11.7. The van der Waals surface area contributed by atoms with Crippen LogP contribution in [0.25, 0.3) is 16.6 Å². The van der Waals surface area contributed by atoms with Gasteiger partial charge in [-0.2, -0.15) is 4.73 Å². The Morgan fingerprint density at radius 1 is 1.21 bits per heavy atom. The highest BCUT2D eigenvalue weighted by Gasteiger charge is 2.13. The van der Waals surface area contributed by atoms with Crippen molar-refractivity contribution < 1.29 is 9.52 Å². The topological polar surface area (TPSA) is 48.9 Å². The molecule has 3 aromatic rings. The minimum Gasteiger partial charge on any atom is -0.619 e. The lowest BCUT2D eigenvalue weighted by Crippen LogP contribution is -2.24. The van der Waals surface area contributed by atoms with E-state index in [1.54, 1.807) is 19.2 Å². The van der Waals surface area contributed by atoms with E-state index in [0.717, 1.165) is 21.3 Å². The highest BCUT2D eigenvalue weighted by Crippen LogP contribution is 2.24. The highest BCUT2D eigenvalue weighted by atomic mass is 16.5. The summed E-state index contributed by atoms with van der Waals surface area (Å²) in [6, 6.07) is 11.2. The minimum atomic E-state index is 0.0147. The summed E-state index contributed by atoms with van der Waals surface area (Å²) in [4.78, 5) is 11.7. The van der Waals surface area contributed by atoms with Gasteiger partial charge in [0.2, 0.25) is 6.20 Å². The molecular formula is C15H12N2O2. The molecule has 0 amide bonds. The molecule has 19 heavy (non-hydrogen) atoms. The van der Waals surface area contributed by atoms with Gasteiger partial charge in [0.25, 0.3) is 0 Å². The predicted octanol–water partition coefficient (Wildman–Crippen LogP) is 2.47. The molecule has 0 spiro atoms. The summed E-state index contributed by atoms with van der Waals surface area (Å²) in [7, 11) is 0. The summed E-state index contributed by atoms with van der Waals surface area (Å²) in [6.07, 6.45) is 4.69. The minimum absolute atomic E-state index is 0.0147. The number of aromatic nitrogens is 2. The molecule has 4 heteroatoms. The second-order valence-corrected chi connectivity index (χ2v) is 4.41. The summed E-state index contributed by atoms with van der Waals surface area (Å²) in [5.74, 6) is 0.0147. The van der Waals surface area contributed by atoms with Crippen molar-refractivity contribution in [3.63, 3.8) is 0 Å². The molecule has 0 bridgehead atoms. The lowest BCUT2D eigenvalue weighted by Gasteiger charge is -2.04. The Morgan fingerprint density at radius 3 is 2.74 bits per heavy atom. The molecule has 0 atom stereocenters. The smallest absolute Gasteiger partial charge is 0.204 e. The van der Waals surface area contributed by atoms with Crippen molar-refractivity contribution in [3.8, 4) is 5.69 Å². The van der Waals surface area contributed by atoms with Gasteiger partial charge in [0, 0.05) is 23.2 Å². The number of benzene rings is 1. The lowest BCUT2D eigenvalue weighted by atomic mass is 10.1. The zero-order valence-corrected chi connectivity index (χ0v) is 10.4. The van der Waals surface area contributed by atoms with E-state index in [9.17, 15) is 10.0 Å². The average molecular weight is 252 g/mol. The summed E-state index contributed by atoms with van der Waals surface area (Å²) in [5.41, 5.74) is 2.32. The van der Waals surface area contributed by atoms with Gasteiger partial charge in [0.15, 0.2) is 12.0 Å². The van der Waals surface area contributed by atoms with Crippen LogP contribution in [0.5, 0.6) is 0 Å². The third-order valence-electron chi connectivity index (χ3n) is 3.13. The normalized spacial score (nSPS) is 10.8. The Hall–Kier alpha value is -2.62. The molecule has 0 fully saturated rings. The first-order valence-electron chi connectivity index (χ1n) is 5.97. The molecule has 0 unspecified atom stereocenters. The summed E-state index contributed by atoms with van der Waals surface area (Å²) in [5, 5.41) is 12.3. The van der Waals surface area contributed by atoms with Gasteiger partial charge in [-0.25, -0.2) is 0 Å². The van der Waals surface area contributed by atoms with Crippen LogP contribution in [-0.2, 0) is 0 Å². The molecular weight excluding hydrogens is 240 g/mol. The van der Waals surface area contributed by atoms with Crippen molar-refractivity contribution in [1.82, 2.24) is 4.57 Å². The molecule has 0 radical (unpaired) electrons.